The van der Waals surface area contributed by atoms with Gasteiger partial charge in [-0.25, -0.2) is 9.67 Å². The fourth-order valence-electron chi connectivity index (χ4n) is 2.03. The topological polar surface area (TPSA) is 68.8 Å². The van der Waals surface area contributed by atoms with Crippen LogP contribution in [0.4, 0.5) is 0 Å². The van der Waals surface area contributed by atoms with Crippen LogP contribution in [0.15, 0.2) is 6.33 Å². The van der Waals surface area contributed by atoms with Crippen molar-refractivity contribution in [2.75, 3.05) is 0 Å². The van der Waals surface area contributed by atoms with Crippen molar-refractivity contribution in [2.24, 2.45) is 17.7 Å². The Morgan fingerprint density at radius 1 is 1.39 bits per heavy atom. The zero-order chi connectivity index (χ0) is 13.5. The predicted molar refractivity (Wildman–Crippen MR) is 73.7 cm³/mol. The molecule has 0 aliphatic rings. The van der Waals surface area contributed by atoms with Crippen molar-refractivity contribution < 1.29 is 0 Å². The molecule has 1 aromatic heterocycles. The van der Waals surface area contributed by atoms with Gasteiger partial charge >= 0.3 is 0 Å². The van der Waals surface area contributed by atoms with Crippen molar-refractivity contribution in [3.8, 4) is 0 Å². The normalized spacial score (nSPS) is 15.0. The number of nitrogens with one attached hydrogen (secondary N) is 1. The molecule has 1 rings (SSSR count). The maximum Gasteiger partial charge on any atom is 0.138 e. The highest BCUT2D eigenvalue weighted by Gasteiger charge is 2.15. The molecular formula is C13H27N5. The van der Waals surface area contributed by atoms with Crippen LogP contribution < -0.4 is 11.3 Å². The first-order valence-electron chi connectivity index (χ1n) is 6.89. The number of hydrogen-bond donors (Lipinski definition) is 2. The SMILES string of the molecule is CCC(C)CC(Cc1ncnn1CC(C)C)NN. The van der Waals surface area contributed by atoms with E-state index in [1.165, 1.54) is 6.42 Å². The Morgan fingerprint density at radius 2 is 2.11 bits per heavy atom. The van der Waals surface area contributed by atoms with E-state index in [4.69, 9.17) is 5.84 Å². The van der Waals surface area contributed by atoms with E-state index >= 15 is 0 Å². The summed E-state index contributed by atoms with van der Waals surface area (Å²) in [5, 5.41) is 4.28. The molecule has 5 nitrogen and oxygen atoms in total. The molecule has 2 unspecified atom stereocenters. The fraction of sp³-hybridized carbons (Fsp3) is 0.846. The fourth-order valence-corrected chi connectivity index (χ4v) is 2.03. The lowest BCUT2D eigenvalue weighted by molar-refractivity contribution is 0.379. The molecule has 0 saturated carbocycles. The highest BCUT2D eigenvalue weighted by Crippen LogP contribution is 2.13. The summed E-state index contributed by atoms with van der Waals surface area (Å²) >= 11 is 0. The van der Waals surface area contributed by atoms with Crippen molar-refractivity contribution in [1.29, 1.82) is 0 Å². The minimum absolute atomic E-state index is 0.273. The third kappa shape index (κ3) is 4.74. The summed E-state index contributed by atoms with van der Waals surface area (Å²) in [4.78, 5) is 4.35. The third-order valence-electron chi connectivity index (χ3n) is 3.28. The quantitative estimate of drug-likeness (QED) is 0.547. The second kappa shape index (κ2) is 7.48. The molecule has 0 amide bonds. The highest BCUT2D eigenvalue weighted by atomic mass is 15.3. The number of rotatable bonds is 8. The minimum Gasteiger partial charge on any atom is -0.271 e. The monoisotopic (exact) mass is 253 g/mol. The second-order valence-electron chi connectivity index (χ2n) is 5.57. The molecule has 0 bridgehead atoms. The first kappa shape index (κ1) is 15.1. The van der Waals surface area contributed by atoms with E-state index in [1.54, 1.807) is 6.33 Å². The Kier molecular flexibility index (Phi) is 6.29. The molecule has 0 fully saturated rings. The van der Waals surface area contributed by atoms with Crippen LogP contribution >= 0.6 is 0 Å². The molecule has 0 aliphatic carbocycles. The molecule has 0 aliphatic heterocycles. The number of aromatic nitrogens is 3. The number of hydrogen-bond acceptors (Lipinski definition) is 4. The second-order valence-corrected chi connectivity index (χ2v) is 5.57. The Hall–Kier alpha value is -0.940. The Bertz CT molecular complexity index is 334. The van der Waals surface area contributed by atoms with Gasteiger partial charge in [0, 0.05) is 19.0 Å². The molecule has 1 heterocycles. The molecule has 3 N–H and O–H groups in total. The van der Waals surface area contributed by atoms with Gasteiger partial charge in [0.15, 0.2) is 0 Å². The van der Waals surface area contributed by atoms with Gasteiger partial charge in [-0.05, 0) is 18.3 Å². The van der Waals surface area contributed by atoms with Crippen LogP contribution in [0.25, 0.3) is 0 Å². The van der Waals surface area contributed by atoms with Crippen molar-refractivity contribution in [1.82, 2.24) is 20.2 Å². The average molecular weight is 253 g/mol. The van der Waals surface area contributed by atoms with Gasteiger partial charge in [-0.2, -0.15) is 5.10 Å². The Balaban J connectivity index is 2.61. The summed E-state index contributed by atoms with van der Waals surface area (Å²) in [7, 11) is 0. The molecule has 0 aromatic carbocycles. The maximum absolute atomic E-state index is 5.64. The number of hydrazine groups is 1. The van der Waals surface area contributed by atoms with E-state index in [-0.39, 0.29) is 6.04 Å². The lowest BCUT2D eigenvalue weighted by Crippen LogP contribution is -2.38. The van der Waals surface area contributed by atoms with Crippen LogP contribution in [-0.4, -0.2) is 20.8 Å². The first-order chi connectivity index (χ1) is 8.56. The van der Waals surface area contributed by atoms with Crippen LogP contribution in [0.1, 0.15) is 46.4 Å². The van der Waals surface area contributed by atoms with Gasteiger partial charge in [-0.15, -0.1) is 0 Å². The summed E-state index contributed by atoms with van der Waals surface area (Å²) in [6.07, 6.45) is 4.72. The van der Waals surface area contributed by atoms with E-state index in [0.29, 0.717) is 11.8 Å². The molecule has 2 atom stereocenters. The van der Waals surface area contributed by atoms with Crippen LogP contribution in [0, 0.1) is 11.8 Å². The lowest BCUT2D eigenvalue weighted by Gasteiger charge is -2.19. The smallest absolute Gasteiger partial charge is 0.138 e. The molecule has 0 saturated heterocycles. The summed E-state index contributed by atoms with van der Waals surface area (Å²) in [5.74, 6) is 7.91. The average Bonchev–Trinajstić information content (AvgIpc) is 2.74. The molecule has 5 heteroatoms. The zero-order valence-corrected chi connectivity index (χ0v) is 12.1. The molecule has 0 spiro atoms. The first-order valence-corrected chi connectivity index (χ1v) is 6.89. The summed E-state index contributed by atoms with van der Waals surface area (Å²) < 4.78 is 1.99. The van der Waals surface area contributed by atoms with E-state index in [9.17, 15) is 0 Å². The van der Waals surface area contributed by atoms with Crippen LogP contribution in [0.2, 0.25) is 0 Å². The van der Waals surface area contributed by atoms with Gasteiger partial charge in [0.1, 0.15) is 12.2 Å². The largest absolute Gasteiger partial charge is 0.271 e. The van der Waals surface area contributed by atoms with Crippen molar-refractivity contribution in [3.05, 3.63) is 12.2 Å². The Labute approximate surface area is 110 Å². The molecular weight excluding hydrogens is 226 g/mol. The third-order valence-corrected chi connectivity index (χ3v) is 3.28. The van der Waals surface area contributed by atoms with Gasteiger partial charge in [0.2, 0.25) is 0 Å². The van der Waals surface area contributed by atoms with Crippen LogP contribution in [0.3, 0.4) is 0 Å². The summed E-state index contributed by atoms with van der Waals surface area (Å²) in [5.41, 5.74) is 2.90. The zero-order valence-electron chi connectivity index (χ0n) is 12.1. The maximum atomic E-state index is 5.64. The van der Waals surface area contributed by atoms with E-state index in [0.717, 1.165) is 25.2 Å². The van der Waals surface area contributed by atoms with Crippen LogP contribution in [-0.2, 0) is 13.0 Å². The van der Waals surface area contributed by atoms with Gasteiger partial charge in [0.25, 0.3) is 0 Å². The number of nitrogens with zero attached hydrogens (tertiary/aromatic N) is 3. The van der Waals surface area contributed by atoms with E-state index < -0.39 is 0 Å². The van der Waals surface area contributed by atoms with Gasteiger partial charge in [0.05, 0.1) is 0 Å². The van der Waals surface area contributed by atoms with Crippen molar-refractivity contribution in [2.45, 2.75) is 59.5 Å². The van der Waals surface area contributed by atoms with Crippen LogP contribution in [0.5, 0.6) is 0 Å². The van der Waals surface area contributed by atoms with E-state index in [1.807, 2.05) is 4.68 Å². The van der Waals surface area contributed by atoms with Gasteiger partial charge in [-0.1, -0.05) is 34.1 Å². The van der Waals surface area contributed by atoms with Gasteiger partial charge < -0.3 is 0 Å². The molecule has 18 heavy (non-hydrogen) atoms. The number of nitrogens with two attached hydrogens (primary N) is 1. The minimum atomic E-state index is 0.273. The van der Waals surface area contributed by atoms with Gasteiger partial charge in [-0.3, -0.25) is 11.3 Å². The molecule has 1 aromatic rings. The lowest BCUT2D eigenvalue weighted by atomic mass is 9.97. The highest BCUT2D eigenvalue weighted by molar-refractivity contribution is 4.90. The molecule has 104 valence electrons. The van der Waals surface area contributed by atoms with Crippen molar-refractivity contribution >= 4 is 0 Å². The standard InChI is InChI=1S/C13H27N5/c1-5-11(4)6-12(17-14)7-13-15-9-16-18(13)8-10(2)3/h9-12,17H,5-8,14H2,1-4H3. The summed E-state index contributed by atoms with van der Waals surface area (Å²) in [6, 6.07) is 0.273. The van der Waals surface area contributed by atoms with E-state index in [2.05, 4.69) is 43.2 Å². The summed E-state index contributed by atoms with van der Waals surface area (Å²) in [6.45, 7) is 9.74. The molecule has 0 radical (unpaired) electrons. The predicted octanol–water partition coefficient (Wildman–Crippen LogP) is 1.74. The Morgan fingerprint density at radius 3 is 2.67 bits per heavy atom. The van der Waals surface area contributed by atoms with Crippen molar-refractivity contribution in [3.63, 3.8) is 0 Å².